The fraction of sp³-hybridized carbons (Fsp3) is 1.00. The van der Waals surface area contributed by atoms with Gasteiger partial charge >= 0.3 is 0 Å². The second-order valence-electron chi connectivity index (χ2n) is 3.27. The maximum Gasteiger partial charge on any atom is 0.299 e. The van der Waals surface area contributed by atoms with Gasteiger partial charge in [0, 0.05) is 5.92 Å². The van der Waals surface area contributed by atoms with E-state index in [1.54, 1.807) is 0 Å². The molecule has 4 heteroatoms. The summed E-state index contributed by atoms with van der Waals surface area (Å²) in [5, 5.41) is 0. The minimum absolute atomic E-state index is 0.105. The fourth-order valence-electron chi connectivity index (χ4n) is 1.65. The molecular formula is C7H10F2O2. The summed E-state index contributed by atoms with van der Waals surface area (Å²) in [6.07, 6.45) is -1.37. The normalized spacial score (nSPS) is 47.7. The van der Waals surface area contributed by atoms with Crippen molar-refractivity contribution in [3.05, 3.63) is 0 Å². The average molecular weight is 164 g/mol. The van der Waals surface area contributed by atoms with Crippen molar-refractivity contribution >= 4 is 0 Å². The molecule has 0 unspecified atom stereocenters. The van der Waals surface area contributed by atoms with Gasteiger partial charge in [0.15, 0.2) is 0 Å². The third kappa shape index (κ3) is 0.964. The lowest BCUT2D eigenvalue weighted by Crippen LogP contribution is -2.34. The lowest BCUT2D eigenvalue weighted by Gasteiger charge is -2.13. The van der Waals surface area contributed by atoms with Crippen molar-refractivity contribution in [3.63, 3.8) is 0 Å². The number of fused-ring (bicyclic) bond motifs is 1. The van der Waals surface area contributed by atoms with Crippen molar-refractivity contribution in [1.29, 1.82) is 0 Å². The number of ether oxygens (including phenoxy) is 2. The zero-order chi connectivity index (χ0) is 8.06. The first-order chi connectivity index (χ1) is 5.11. The molecule has 0 aliphatic carbocycles. The lowest BCUT2D eigenvalue weighted by molar-refractivity contribution is -0.0953. The molecule has 0 saturated carbocycles. The summed E-state index contributed by atoms with van der Waals surface area (Å²) in [6, 6.07) is 0. The molecule has 0 aromatic heterocycles. The predicted molar refractivity (Wildman–Crippen MR) is 33.6 cm³/mol. The van der Waals surface area contributed by atoms with Crippen LogP contribution in [-0.4, -0.2) is 31.3 Å². The first-order valence-corrected chi connectivity index (χ1v) is 3.72. The van der Waals surface area contributed by atoms with Gasteiger partial charge in [-0.1, -0.05) is 6.92 Å². The number of hydrogen-bond donors (Lipinski definition) is 0. The minimum Gasteiger partial charge on any atom is -0.369 e. The van der Waals surface area contributed by atoms with E-state index >= 15 is 0 Å². The molecule has 2 nitrogen and oxygen atoms in total. The van der Waals surface area contributed by atoms with Crippen molar-refractivity contribution in [3.8, 4) is 0 Å². The van der Waals surface area contributed by atoms with E-state index in [9.17, 15) is 8.78 Å². The molecule has 2 aliphatic rings. The molecule has 2 heterocycles. The Hall–Kier alpha value is -0.220. The highest BCUT2D eigenvalue weighted by atomic mass is 19.3. The molecule has 3 atom stereocenters. The van der Waals surface area contributed by atoms with E-state index in [2.05, 4.69) is 0 Å². The SMILES string of the molecule is C[C@H]1CO[C@@H]2[C@H]1OCC2(F)F. The van der Waals surface area contributed by atoms with Gasteiger partial charge in [0.05, 0.1) is 12.7 Å². The van der Waals surface area contributed by atoms with Gasteiger partial charge < -0.3 is 9.47 Å². The number of rotatable bonds is 0. The van der Waals surface area contributed by atoms with Crippen LogP contribution in [0.15, 0.2) is 0 Å². The molecule has 2 aliphatic heterocycles. The molecule has 0 radical (unpaired) electrons. The third-order valence-electron chi connectivity index (χ3n) is 2.28. The standard InChI is InChI=1S/C7H10F2O2/c1-4-2-10-6-5(4)11-3-7(6,8)9/h4-6H,2-3H2,1H3/t4-,5-,6+/m0/s1. The maximum atomic E-state index is 12.8. The van der Waals surface area contributed by atoms with Gasteiger partial charge in [-0.15, -0.1) is 0 Å². The van der Waals surface area contributed by atoms with E-state index in [1.165, 1.54) is 0 Å². The lowest BCUT2D eigenvalue weighted by atomic mass is 10.0. The van der Waals surface area contributed by atoms with E-state index in [1.807, 2.05) is 6.92 Å². The van der Waals surface area contributed by atoms with Crippen molar-refractivity contribution in [2.24, 2.45) is 5.92 Å². The maximum absolute atomic E-state index is 12.8. The Morgan fingerprint density at radius 1 is 1.36 bits per heavy atom. The predicted octanol–water partition coefficient (Wildman–Crippen LogP) is 1.06. The zero-order valence-corrected chi connectivity index (χ0v) is 6.22. The highest BCUT2D eigenvalue weighted by molar-refractivity contribution is 4.97. The molecule has 0 bridgehead atoms. The topological polar surface area (TPSA) is 18.5 Å². The molecule has 2 fully saturated rings. The first kappa shape index (κ1) is 7.43. The number of halogens is 2. The molecule has 0 spiro atoms. The van der Waals surface area contributed by atoms with Gasteiger partial charge in [0.25, 0.3) is 5.92 Å². The van der Waals surface area contributed by atoms with Crippen LogP contribution in [0, 0.1) is 5.92 Å². The molecule has 0 N–H and O–H groups in total. The van der Waals surface area contributed by atoms with Crippen molar-refractivity contribution < 1.29 is 18.3 Å². The molecular weight excluding hydrogens is 154 g/mol. The summed E-state index contributed by atoms with van der Waals surface area (Å²) in [4.78, 5) is 0. The summed E-state index contributed by atoms with van der Waals surface area (Å²) in [5.74, 6) is -2.66. The minimum atomic E-state index is -2.77. The van der Waals surface area contributed by atoms with Crippen LogP contribution in [-0.2, 0) is 9.47 Å². The fourth-order valence-corrected chi connectivity index (χ4v) is 1.65. The molecule has 2 rings (SSSR count). The Balaban J connectivity index is 2.17. The molecule has 11 heavy (non-hydrogen) atoms. The zero-order valence-electron chi connectivity index (χ0n) is 6.22. The second-order valence-corrected chi connectivity index (χ2v) is 3.27. The smallest absolute Gasteiger partial charge is 0.299 e. The molecule has 64 valence electrons. The van der Waals surface area contributed by atoms with E-state index in [4.69, 9.17) is 9.47 Å². The van der Waals surface area contributed by atoms with Crippen molar-refractivity contribution in [2.75, 3.05) is 13.2 Å². The first-order valence-electron chi connectivity index (χ1n) is 3.72. The molecule has 2 saturated heterocycles. The van der Waals surface area contributed by atoms with Crippen LogP contribution in [0.2, 0.25) is 0 Å². The number of alkyl halides is 2. The Kier molecular flexibility index (Phi) is 1.44. The summed E-state index contributed by atoms with van der Waals surface area (Å²) in [7, 11) is 0. The molecule has 0 amide bonds. The van der Waals surface area contributed by atoms with Crippen LogP contribution < -0.4 is 0 Å². The van der Waals surface area contributed by atoms with E-state index in [0.29, 0.717) is 6.61 Å². The van der Waals surface area contributed by atoms with E-state index < -0.39 is 18.6 Å². The number of hydrogen-bond acceptors (Lipinski definition) is 2. The van der Waals surface area contributed by atoms with Crippen LogP contribution in [0.3, 0.4) is 0 Å². The van der Waals surface area contributed by atoms with Crippen LogP contribution >= 0.6 is 0 Å². The van der Waals surface area contributed by atoms with Gasteiger partial charge in [0.2, 0.25) is 0 Å². The van der Waals surface area contributed by atoms with Crippen molar-refractivity contribution in [1.82, 2.24) is 0 Å². The van der Waals surface area contributed by atoms with Crippen LogP contribution in [0.1, 0.15) is 6.92 Å². The van der Waals surface area contributed by atoms with Gasteiger partial charge in [-0.2, -0.15) is 0 Å². The molecule has 0 aromatic carbocycles. The Labute approximate surface area is 63.5 Å². The van der Waals surface area contributed by atoms with Gasteiger partial charge in [-0.05, 0) is 0 Å². The van der Waals surface area contributed by atoms with Crippen LogP contribution in [0.25, 0.3) is 0 Å². The van der Waals surface area contributed by atoms with E-state index in [-0.39, 0.29) is 12.0 Å². The van der Waals surface area contributed by atoms with Gasteiger partial charge in [0.1, 0.15) is 12.7 Å². The van der Waals surface area contributed by atoms with Gasteiger partial charge in [-0.3, -0.25) is 0 Å². The Bertz CT molecular complexity index is 172. The second kappa shape index (κ2) is 2.14. The summed E-state index contributed by atoms with van der Waals surface area (Å²) < 4.78 is 35.5. The van der Waals surface area contributed by atoms with E-state index in [0.717, 1.165) is 0 Å². The quantitative estimate of drug-likeness (QED) is 0.533. The summed E-state index contributed by atoms with van der Waals surface area (Å²) in [5.41, 5.74) is 0. The average Bonchev–Trinajstić information content (AvgIpc) is 2.39. The summed E-state index contributed by atoms with van der Waals surface area (Å²) in [6.45, 7) is 1.78. The molecule has 0 aromatic rings. The Morgan fingerprint density at radius 3 is 2.73 bits per heavy atom. The monoisotopic (exact) mass is 164 g/mol. The summed E-state index contributed by atoms with van der Waals surface area (Å²) >= 11 is 0. The third-order valence-corrected chi connectivity index (χ3v) is 2.28. The highest BCUT2D eigenvalue weighted by Gasteiger charge is 2.57. The highest BCUT2D eigenvalue weighted by Crippen LogP contribution is 2.39. The van der Waals surface area contributed by atoms with Crippen LogP contribution in [0.4, 0.5) is 8.78 Å². The van der Waals surface area contributed by atoms with Gasteiger partial charge in [-0.25, -0.2) is 8.78 Å². The Morgan fingerprint density at radius 2 is 2.09 bits per heavy atom. The van der Waals surface area contributed by atoms with Crippen molar-refractivity contribution in [2.45, 2.75) is 25.1 Å². The largest absolute Gasteiger partial charge is 0.369 e. The van der Waals surface area contributed by atoms with Crippen LogP contribution in [0.5, 0.6) is 0 Å².